The van der Waals surface area contributed by atoms with E-state index in [9.17, 15) is 9.59 Å². The molecule has 7 heteroatoms. The van der Waals surface area contributed by atoms with Crippen LogP contribution >= 0.6 is 0 Å². The summed E-state index contributed by atoms with van der Waals surface area (Å²) >= 11 is 0. The average molecular weight is 421 g/mol. The van der Waals surface area contributed by atoms with Crippen LogP contribution in [0, 0.1) is 26.7 Å². The SMILES string of the molecule is Cc1cccnc1NC(=O)C1CCCN(C(=O)c2cc(C)n(Cc3ccco3)c2C)C1. The van der Waals surface area contributed by atoms with Gasteiger partial charge in [0.05, 0.1) is 24.3 Å². The number of furan rings is 1. The minimum Gasteiger partial charge on any atom is -0.467 e. The van der Waals surface area contributed by atoms with Gasteiger partial charge in [0.1, 0.15) is 11.6 Å². The zero-order chi connectivity index (χ0) is 22.0. The van der Waals surface area contributed by atoms with E-state index in [1.54, 1.807) is 17.4 Å². The van der Waals surface area contributed by atoms with E-state index in [1.165, 1.54) is 0 Å². The van der Waals surface area contributed by atoms with E-state index < -0.39 is 0 Å². The molecule has 7 nitrogen and oxygen atoms in total. The number of aryl methyl sites for hydroxylation is 2. The summed E-state index contributed by atoms with van der Waals surface area (Å²) in [5.74, 6) is 1.08. The highest BCUT2D eigenvalue weighted by molar-refractivity contribution is 5.97. The Labute approximate surface area is 182 Å². The van der Waals surface area contributed by atoms with Crippen molar-refractivity contribution in [3.05, 3.63) is 71.1 Å². The van der Waals surface area contributed by atoms with Crippen molar-refractivity contribution in [2.75, 3.05) is 18.4 Å². The second kappa shape index (κ2) is 8.79. The predicted octanol–water partition coefficient (Wildman–Crippen LogP) is 3.94. The van der Waals surface area contributed by atoms with Gasteiger partial charge in [-0.15, -0.1) is 0 Å². The number of anilines is 1. The lowest BCUT2D eigenvalue weighted by Crippen LogP contribution is -2.44. The lowest BCUT2D eigenvalue weighted by molar-refractivity contribution is -0.121. The molecular weight excluding hydrogens is 392 g/mol. The number of nitrogens with zero attached hydrogens (tertiary/aromatic N) is 3. The Hall–Kier alpha value is -3.35. The molecule has 1 atom stereocenters. The molecule has 3 aromatic rings. The highest BCUT2D eigenvalue weighted by atomic mass is 16.3. The van der Waals surface area contributed by atoms with E-state index in [2.05, 4.69) is 14.9 Å². The van der Waals surface area contributed by atoms with Crippen molar-refractivity contribution in [2.45, 2.75) is 40.2 Å². The van der Waals surface area contributed by atoms with Crippen molar-refractivity contribution in [1.82, 2.24) is 14.5 Å². The van der Waals surface area contributed by atoms with Crippen molar-refractivity contribution in [3.63, 3.8) is 0 Å². The van der Waals surface area contributed by atoms with Gasteiger partial charge in [-0.2, -0.15) is 0 Å². The molecule has 0 saturated carbocycles. The minimum absolute atomic E-state index is 0.0229. The third kappa shape index (κ3) is 4.40. The maximum atomic E-state index is 13.3. The first-order valence-electron chi connectivity index (χ1n) is 10.6. The van der Waals surface area contributed by atoms with Gasteiger partial charge in [-0.3, -0.25) is 9.59 Å². The Kier molecular flexibility index (Phi) is 5.93. The number of carbonyl (C=O) groups excluding carboxylic acids is 2. The summed E-state index contributed by atoms with van der Waals surface area (Å²) in [5, 5.41) is 2.93. The third-order valence-electron chi connectivity index (χ3n) is 6.03. The van der Waals surface area contributed by atoms with Gasteiger partial charge in [0.15, 0.2) is 0 Å². The number of aromatic nitrogens is 2. The van der Waals surface area contributed by atoms with Gasteiger partial charge in [0.2, 0.25) is 5.91 Å². The number of pyridine rings is 1. The van der Waals surface area contributed by atoms with E-state index >= 15 is 0 Å². The van der Waals surface area contributed by atoms with Crippen molar-refractivity contribution >= 4 is 17.6 Å². The summed E-state index contributed by atoms with van der Waals surface area (Å²) in [6, 6.07) is 9.48. The summed E-state index contributed by atoms with van der Waals surface area (Å²) in [5.41, 5.74) is 3.53. The number of piperidine rings is 1. The molecule has 1 fully saturated rings. The van der Waals surface area contributed by atoms with Crippen LogP contribution in [0.2, 0.25) is 0 Å². The van der Waals surface area contributed by atoms with Gasteiger partial charge in [-0.25, -0.2) is 4.98 Å². The molecule has 1 aliphatic heterocycles. The summed E-state index contributed by atoms with van der Waals surface area (Å²) in [4.78, 5) is 32.2. The molecule has 162 valence electrons. The Morgan fingerprint density at radius 2 is 2.06 bits per heavy atom. The first kappa shape index (κ1) is 20.9. The van der Waals surface area contributed by atoms with E-state index in [1.807, 2.05) is 51.1 Å². The van der Waals surface area contributed by atoms with Gasteiger partial charge in [-0.05, 0) is 63.4 Å². The number of amides is 2. The Morgan fingerprint density at radius 1 is 1.23 bits per heavy atom. The summed E-state index contributed by atoms with van der Waals surface area (Å²) in [7, 11) is 0. The van der Waals surface area contributed by atoms with Crippen LogP contribution in [0.1, 0.15) is 45.9 Å². The summed E-state index contributed by atoms with van der Waals surface area (Å²) in [6.07, 6.45) is 4.88. The van der Waals surface area contributed by atoms with Crippen molar-refractivity contribution in [1.29, 1.82) is 0 Å². The van der Waals surface area contributed by atoms with Crippen LogP contribution in [0.25, 0.3) is 0 Å². The molecule has 3 aromatic heterocycles. The van der Waals surface area contributed by atoms with Crippen LogP contribution in [-0.4, -0.2) is 39.4 Å². The molecule has 0 aromatic carbocycles. The quantitative estimate of drug-likeness (QED) is 0.678. The lowest BCUT2D eigenvalue weighted by atomic mass is 9.96. The predicted molar refractivity (Wildman–Crippen MR) is 118 cm³/mol. The molecule has 1 N–H and O–H groups in total. The van der Waals surface area contributed by atoms with Gasteiger partial charge in [0, 0.05) is 30.7 Å². The maximum Gasteiger partial charge on any atom is 0.255 e. The molecule has 0 spiro atoms. The number of likely N-dealkylation sites (tertiary alicyclic amines) is 1. The number of rotatable bonds is 5. The van der Waals surface area contributed by atoms with E-state index in [0.717, 1.165) is 35.6 Å². The fourth-order valence-corrected chi connectivity index (χ4v) is 4.20. The van der Waals surface area contributed by atoms with E-state index in [0.29, 0.717) is 31.0 Å². The molecule has 31 heavy (non-hydrogen) atoms. The molecule has 4 rings (SSSR count). The molecule has 2 amide bonds. The second-order valence-electron chi connectivity index (χ2n) is 8.20. The molecule has 0 radical (unpaired) electrons. The largest absolute Gasteiger partial charge is 0.467 e. The normalized spacial score (nSPS) is 16.4. The molecule has 0 bridgehead atoms. The van der Waals surface area contributed by atoms with E-state index in [4.69, 9.17) is 4.42 Å². The highest BCUT2D eigenvalue weighted by Crippen LogP contribution is 2.24. The zero-order valence-electron chi connectivity index (χ0n) is 18.2. The monoisotopic (exact) mass is 420 g/mol. The van der Waals surface area contributed by atoms with Gasteiger partial charge < -0.3 is 19.2 Å². The fraction of sp³-hybridized carbons (Fsp3) is 0.375. The van der Waals surface area contributed by atoms with Gasteiger partial charge >= 0.3 is 0 Å². The standard InChI is InChI=1S/C24H28N4O3/c1-16-7-4-10-25-22(16)26-23(29)19-8-5-11-27(14-19)24(30)21-13-17(2)28(18(21)3)15-20-9-6-12-31-20/h4,6-7,9-10,12-13,19H,5,8,11,14-15H2,1-3H3,(H,25,26,29). The molecule has 1 saturated heterocycles. The average Bonchev–Trinajstić information content (AvgIpc) is 3.39. The first-order chi connectivity index (χ1) is 14.9. The molecule has 4 heterocycles. The number of hydrogen-bond donors (Lipinski definition) is 1. The number of hydrogen-bond acceptors (Lipinski definition) is 4. The molecular formula is C24H28N4O3. The number of nitrogens with one attached hydrogen (secondary N) is 1. The Morgan fingerprint density at radius 3 is 2.81 bits per heavy atom. The third-order valence-corrected chi connectivity index (χ3v) is 6.03. The van der Waals surface area contributed by atoms with Crippen LogP contribution in [0.5, 0.6) is 0 Å². The summed E-state index contributed by atoms with van der Waals surface area (Å²) in [6.45, 7) is 7.53. The van der Waals surface area contributed by atoms with Crippen molar-refractivity contribution < 1.29 is 14.0 Å². The van der Waals surface area contributed by atoms with Crippen LogP contribution in [0.3, 0.4) is 0 Å². The number of carbonyl (C=O) groups is 2. The van der Waals surface area contributed by atoms with Crippen LogP contribution < -0.4 is 5.32 Å². The van der Waals surface area contributed by atoms with Crippen molar-refractivity contribution in [3.8, 4) is 0 Å². The summed E-state index contributed by atoms with van der Waals surface area (Å²) < 4.78 is 7.55. The van der Waals surface area contributed by atoms with Gasteiger partial charge in [0.25, 0.3) is 5.91 Å². The maximum absolute atomic E-state index is 13.3. The smallest absolute Gasteiger partial charge is 0.255 e. The van der Waals surface area contributed by atoms with Crippen molar-refractivity contribution in [2.24, 2.45) is 5.92 Å². The Bertz CT molecular complexity index is 1080. The Balaban J connectivity index is 1.46. The minimum atomic E-state index is -0.245. The van der Waals surface area contributed by atoms with Crippen LogP contribution in [-0.2, 0) is 11.3 Å². The highest BCUT2D eigenvalue weighted by Gasteiger charge is 2.30. The first-order valence-corrected chi connectivity index (χ1v) is 10.6. The topological polar surface area (TPSA) is 80.4 Å². The molecule has 1 aliphatic rings. The fourth-order valence-electron chi connectivity index (χ4n) is 4.20. The van der Waals surface area contributed by atoms with Crippen LogP contribution in [0.4, 0.5) is 5.82 Å². The van der Waals surface area contributed by atoms with E-state index in [-0.39, 0.29) is 17.7 Å². The van der Waals surface area contributed by atoms with Gasteiger partial charge in [-0.1, -0.05) is 6.07 Å². The molecule has 0 aliphatic carbocycles. The lowest BCUT2D eigenvalue weighted by Gasteiger charge is -2.32. The zero-order valence-corrected chi connectivity index (χ0v) is 18.2. The van der Waals surface area contributed by atoms with Crippen LogP contribution in [0.15, 0.2) is 47.2 Å². The molecule has 1 unspecified atom stereocenters. The second-order valence-corrected chi connectivity index (χ2v) is 8.20.